The van der Waals surface area contributed by atoms with E-state index < -0.39 is 0 Å². The molecule has 2 aliphatic heterocycles. The molecule has 138 valence electrons. The van der Waals surface area contributed by atoms with Crippen LogP contribution in [0.2, 0.25) is 0 Å². The Morgan fingerprint density at radius 1 is 1.35 bits per heavy atom. The van der Waals surface area contributed by atoms with Crippen molar-refractivity contribution in [1.29, 1.82) is 0 Å². The van der Waals surface area contributed by atoms with E-state index in [1.165, 1.54) is 11.3 Å². The number of carbonyl (C=O) groups is 1. The second-order valence-electron chi connectivity index (χ2n) is 6.90. The molecule has 1 unspecified atom stereocenters. The standard InChI is InChI=1S/C19H25N5O2/c1-22(13-14-11-21-24-10-8-20-12-17(14)24)16-7-9-23(19(16)25)15-5-3-4-6-18(15)26-2/h3-6,11,16,20H,7-10,12-13H2,1-2H3. The highest BCUT2D eigenvalue weighted by Gasteiger charge is 2.36. The van der Waals surface area contributed by atoms with Crippen molar-refractivity contribution in [3.05, 3.63) is 41.7 Å². The minimum Gasteiger partial charge on any atom is -0.495 e. The first-order valence-electron chi connectivity index (χ1n) is 9.08. The third-order valence-electron chi connectivity index (χ3n) is 5.33. The third kappa shape index (κ3) is 2.97. The molecule has 0 spiro atoms. The molecule has 4 rings (SSSR count). The molecule has 26 heavy (non-hydrogen) atoms. The molecule has 0 saturated carbocycles. The van der Waals surface area contributed by atoms with Crippen molar-refractivity contribution < 1.29 is 9.53 Å². The lowest BCUT2D eigenvalue weighted by Crippen LogP contribution is -2.39. The van der Waals surface area contributed by atoms with E-state index in [1.54, 1.807) is 7.11 Å². The van der Waals surface area contributed by atoms with E-state index in [9.17, 15) is 4.79 Å². The molecule has 0 aliphatic carbocycles. The van der Waals surface area contributed by atoms with E-state index in [1.807, 2.05) is 42.4 Å². The number of carbonyl (C=O) groups excluding carboxylic acids is 1. The van der Waals surface area contributed by atoms with Crippen molar-refractivity contribution in [3.8, 4) is 5.75 Å². The number of fused-ring (bicyclic) bond motifs is 1. The van der Waals surface area contributed by atoms with E-state index in [2.05, 4.69) is 20.0 Å². The van der Waals surface area contributed by atoms with Crippen molar-refractivity contribution in [1.82, 2.24) is 20.0 Å². The predicted molar refractivity (Wildman–Crippen MR) is 99.2 cm³/mol. The van der Waals surface area contributed by atoms with E-state index in [0.717, 1.165) is 44.0 Å². The number of nitrogens with one attached hydrogen (secondary N) is 1. The molecular formula is C19H25N5O2. The molecule has 1 aromatic carbocycles. The monoisotopic (exact) mass is 355 g/mol. The van der Waals surface area contributed by atoms with Gasteiger partial charge in [0.1, 0.15) is 5.75 Å². The van der Waals surface area contributed by atoms with Gasteiger partial charge in [0.05, 0.1) is 37.3 Å². The van der Waals surface area contributed by atoms with Crippen LogP contribution >= 0.6 is 0 Å². The molecule has 2 aliphatic rings. The highest BCUT2D eigenvalue weighted by atomic mass is 16.5. The van der Waals surface area contributed by atoms with Crippen LogP contribution < -0.4 is 15.0 Å². The van der Waals surface area contributed by atoms with Gasteiger partial charge in [0.15, 0.2) is 0 Å². The fraction of sp³-hybridized carbons (Fsp3) is 0.474. The molecule has 1 aromatic heterocycles. The first-order valence-corrected chi connectivity index (χ1v) is 9.08. The van der Waals surface area contributed by atoms with Gasteiger partial charge in [-0.2, -0.15) is 5.10 Å². The quantitative estimate of drug-likeness (QED) is 0.874. The van der Waals surface area contributed by atoms with Gasteiger partial charge in [-0.3, -0.25) is 14.4 Å². The van der Waals surface area contributed by atoms with Gasteiger partial charge in [-0.05, 0) is 25.6 Å². The number of nitrogens with zero attached hydrogens (tertiary/aromatic N) is 4. The molecule has 1 N–H and O–H groups in total. The zero-order valence-corrected chi connectivity index (χ0v) is 15.3. The second kappa shape index (κ2) is 7.09. The minimum atomic E-state index is -0.119. The van der Waals surface area contributed by atoms with Gasteiger partial charge >= 0.3 is 0 Å². The van der Waals surface area contributed by atoms with Crippen LogP contribution in [0.1, 0.15) is 17.7 Å². The summed E-state index contributed by atoms with van der Waals surface area (Å²) in [5.41, 5.74) is 3.28. The van der Waals surface area contributed by atoms with Crippen molar-refractivity contribution >= 4 is 11.6 Å². The Balaban J connectivity index is 1.49. The van der Waals surface area contributed by atoms with Crippen LogP contribution in [0.25, 0.3) is 0 Å². The van der Waals surface area contributed by atoms with Crippen LogP contribution in [0.5, 0.6) is 5.75 Å². The lowest BCUT2D eigenvalue weighted by molar-refractivity contribution is -0.121. The topological polar surface area (TPSA) is 62.6 Å². The average molecular weight is 355 g/mol. The van der Waals surface area contributed by atoms with Gasteiger partial charge < -0.3 is 15.0 Å². The van der Waals surface area contributed by atoms with Crippen LogP contribution in [-0.2, 0) is 24.4 Å². The summed E-state index contributed by atoms with van der Waals surface area (Å²) in [7, 11) is 3.66. The smallest absolute Gasteiger partial charge is 0.244 e. The zero-order chi connectivity index (χ0) is 18.1. The summed E-state index contributed by atoms with van der Waals surface area (Å²) in [5, 5.41) is 7.87. The van der Waals surface area contributed by atoms with Crippen molar-refractivity contribution in [2.45, 2.75) is 32.1 Å². The van der Waals surface area contributed by atoms with Gasteiger partial charge in [-0.15, -0.1) is 0 Å². The molecule has 0 bridgehead atoms. The van der Waals surface area contributed by atoms with Crippen LogP contribution in [0.15, 0.2) is 30.5 Å². The molecule has 3 heterocycles. The fourth-order valence-corrected chi connectivity index (χ4v) is 3.92. The lowest BCUT2D eigenvalue weighted by atomic mass is 10.1. The average Bonchev–Trinajstić information content (AvgIpc) is 3.25. The lowest BCUT2D eigenvalue weighted by Gasteiger charge is -2.25. The van der Waals surface area contributed by atoms with Gasteiger partial charge in [0.25, 0.3) is 0 Å². The summed E-state index contributed by atoms with van der Waals surface area (Å²) in [5.74, 6) is 0.872. The van der Waals surface area contributed by atoms with E-state index >= 15 is 0 Å². The molecule has 1 amide bonds. The van der Waals surface area contributed by atoms with Gasteiger partial charge in [-0.1, -0.05) is 12.1 Å². The fourth-order valence-electron chi connectivity index (χ4n) is 3.92. The molecule has 0 radical (unpaired) electrons. The summed E-state index contributed by atoms with van der Waals surface area (Å²) < 4.78 is 7.49. The number of amides is 1. The highest BCUT2D eigenvalue weighted by Crippen LogP contribution is 2.32. The first kappa shape index (κ1) is 17.1. The molecule has 7 heteroatoms. The maximum Gasteiger partial charge on any atom is 0.244 e. The number of likely N-dealkylation sites (N-methyl/N-ethyl adjacent to an activating group) is 1. The van der Waals surface area contributed by atoms with Crippen LogP contribution in [-0.4, -0.2) is 53.9 Å². The minimum absolute atomic E-state index is 0.119. The number of rotatable bonds is 5. The van der Waals surface area contributed by atoms with Crippen LogP contribution in [0, 0.1) is 0 Å². The Hall–Kier alpha value is -2.38. The normalized spacial score (nSPS) is 19.9. The number of hydrogen-bond acceptors (Lipinski definition) is 5. The summed E-state index contributed by atoms with van der Waals surface area (Å²) in [4.78, 5) is 17.0. The Kier molecular flexibility index (Phi) is 4.65. The summed E-state index contributed by atoms with van der Waals surface area (Å²) >= 11 is 0. The molecule has 1 saturated heterocycles. The Bertz CT molecular complexity index is 803. The predicted octanol–water partition coefficient (Wildman–Crippen LogP) is 1.23. The molecule has 1 atom stereocenters. The largest absolute Gasteiger partial charge is 0.495 e. The highest BCUT2D eigenvalue weighted by molar-refractivity contribution is 6.00. The maximum absolute atomic E-state index is 13.0. The SMILES string of the molecule is COc1ccccc1N1CCC(N(C)Cc2cnn3c2CNCC3)C1=O. The number of para-hydroxylation sites is 2. The Labute approximate surface area is 153 Å². The van der Waals surface area contributed by atoms with Crippen molar-refractivity contribution in [3.63, 3.8) is 0 Å². The van der Waals surface area contributed by atoms with Gasteiger partial charge in [-0.25, -0.2) is 0 Å². The molecule has 1 fully saturated rings. The maximum atomic E-state index is 13.0. The Morgan fingerprint density at radius 2 is 2.19 bits per heavy atom. The number of aromatic nitrogens is 2. The van der Waals surface area contributed by atoms with E-state index in [-0.39, 0.29) is 11.9 Å². The third-order valence-corrected chi connectivity index (χ3v) is 5.33. The molecule has 7 nitrogen and oxygen atoms in total. The number of hydrogen-bond donors (Lipinski definition) is 1. The van der Waals surface area contributed by atoms with Crippen molar-refractivity contribution in [2.75, 3.05) is 32.1 Å². The number of benzene rings is 1. The van der Waals surface area contributed by atoms with E-state index in [4.69, 9.17) is 4.74 Å². The number of methoxy groups -OCH3 is 1. The van der Waals surface area contributed by atoms with Crippen LogP contribution in [0.4, 0.5) is 5.69 Å². The second-order valence-corrected chi connectivity index (χ2v) is 6.90. The van der Waals surface area contributed by atoms with E-state index in [0.29, 0.717) is 6.54 Å². The van der Waals surface area contributed by atoms with Crippen molar-refractivity contribution in [2.24, 2.45) is 0 Å². The molecule has 2 aromatic rings. The Morgan fingerprint density at radius 3 is 3.04 bits per heavy atom. The molecular weight excluding hydrogens is 330 g/mol. The zero-order valence-electron chi connectivity index (χ0n) is 15.3. The summed E-state index contributed by atoms with van der Waals surface area (Å²) in [6.07, 6.45) is 2.76. The summed E-state index contributed by atoms with van der Waals surface area (Å²) in [6, 6.07) is 7.58. The van der Waals surface area contributed by atoms with Crippen LogP contribution in [0.3, 0.4) is 0 Å². The summed E-state index contributed by atoms with van der Waals surface area (Å²) in [6.45, 7) is 4.14. The first-order chi connectivity index (χ1) is 12.7. The van der Waals surface area contributed by atoms with Gasteiger partial charge in [0, 0.05) is 31.7 Å². The van der Waals surface area contributed by atoms with Gasteiger partial charge in [0.2, 0.25) is 5.91 Å². The number of ether oxygens (including phenoxy) is 1. The number of anilines is 1.